The van der Waals surface area contributed by atoms with Crippen molar-refractivity contribution < 1.29 is 9.53 Å². The predicted molar refractivity (Wildman–Crippen MR) is 116 cm³/mol. The SMILES string of the molecule is CC(C)C(=O)Nc1ccc(OC(CCc2ccc(Cl)cc2)Cn2ccnc2)cc1. The zero-order valence-electron chi connectivity index (χ0n) is 16.7. The van der Waals surface area contributed by atoms with Crippen molar-refractivity contribution in [3.63, 3.8) is 0 Å². The quantitative estimate of drug-likeness (QED) is 0.525. The first-order valence-corrected chi connectivity index (χ1v) is 10.1. The van der Waals surface area contributed by atoms with Gasteiger partial charge in [0.2, 0.25) is 5.91 Å². The van der Waals surface area contributed by atoms with Crippen molar-refractivity contribution in [2.45, 2.75) is 39.3 Å². The molecule has 1 aromatic heterocycles. The fourth-order valence-corrected chi connectivity index (χ4v) is 3.02. The lowest BCUT2D eigenvalue weighted by Crippen LogP contribution is -2.23. The molecule has 0 spiro atoms. The number of nitrogens with zero attached hydrogens (tertiary/aromatic N) is 2. The molecule has 1 N–H and O–H groups in total. The van der Waals surface area contributed by atoms with E-state index in [0.717, 1.165) is 29.3 Å². The summed E-state index contributed by atoms with van der Waals surface area (Å²) in [5.74, 6) is 0.715. The second kappa shape index (κ2) is 10.1. The number of halogens is 1. The van der Waals surface area contributed by atoms with Gasteiger partial charge >= 0.3 is 0 Å². The van der Waals surface area contributed by atoms with E-state index in [4.69, 9.17) is 16.3 Å². The lowest BCUT2D eigenvalue weighted by atomic mass is 10.1. The summed E-state index contributed by atoms with van der Waals surface area (Å²) in [6.07, 6.45) is 7.22. The van der Waals surface area contributed by atoms with Crippen LogP contribution >= 0.6 is 11.6 Å². The lowest BCUT2D eigenvalue weighted by Gasteiger charge is -2.20. The zero-order chi connectivity index (χ0) is 20.6. The van der Waals surface area contributed by atoms with Crippen LogP contribution < -0.4 is 10.1 Å². The predicted octanol–water partition coefficient (Wildman–Crippen LogP) is 5.21. The minimum Gasteiger partial charge on any atom is -0.489 e. The molecule has 1 heterocycles. The molecule has 29 heavy (non-hydrogen) atoms. The van der Waals surface area contributed by atoms with Crippen LogP contribution in [0, 0.1) is 5.92 Å². The van der Waals surface area contributed by atoms with Gasteiger partial charge in [0.1, 0.15) is 11.9 Å². The molecule has 0 saturated heterocycles. The highest BCUT2D eigenvalue weighted by Gasteiger charge is 2.13. The van der Waals surface area contributed by atoms with Gasteiger partial charge in [-0.25, -0.2) is 4.98 Å². The van der Waals surface area contributed by atoms with Crippen LogP contribution in [-0.2, 0) is 17.8 Å². The summed E-state index contributed by atoms with van der Waals surface area (Å²) in [5, 5.41) is 3.63. The maximum absolute atomic E-state index is 11.8. The summed E-state index contributed by atoms with van der Waals surface area (Å²) in [5.41, 5.74) is 1.99. The molecule has 0 radical (unpaired) electrons. The first-order chi connectivity index (χ1) is 14.0. The molecule has 0 aliphatic carbocycles. The molecule has 0 aliphatic rings. The topological polar surface area (TPSA) is 56.1 Å². The zero-order valence-corrected chi connectivity index (χ0v) is 17.5. The molecule has 0 saturated carbocycles. The smallest absolute Gasteiger partial charge is 0.226 e. The Morgan fingerprint density at radius 3 is 2.48 bits per heavy atom. The van der Waals surface area contributed by atoms with Crippen molar-refractivity contribution in [1.82, 2.24) is 9.55 Å². The third-order valence-corrected chi connectivity index (χ3v) is 4.84. The Hall–Kier alpha value is -2.79. The fourth-order valence-electron chi connectivity index (χ4n) is 2.89. The van der Waals surface area contributed by atoms with Crippen LogP contribution in [0.1, 0.15) is 25.8 Å². The molecular formula is C23H26ClN3O2. The Labute approximate surface area is 176 Å². The normalized spacial score (nSPS) is 12.0. The second-order valence-corrected chi connectivity index (χ2v) is 7.77. The molecule has 1 amide bonds. The minimum absolute atomic E-state index is 0.000354. The fraction of sp³-hybridized carbons (Fsp3) is 0.304. The number of hydrogen-bond acceptors (Lipinski definition) is 3. The van der Waals surface area contributed by atoms with Crippen molar-refractivity contribution in [2.24, 2.45) is 5.92 Å². The number of ether oxygens (including phenoxy) is 1. The van der Waals surface area contributed by atoms with Gasteiger partial charge in [0, 0.05) is 29.0 Å². The number of rotatable bonds is 9. The number of carbonyl (C=O) groups is 1. The molecule has 0 aliphatic heterocycles. The summed E-state index contributed by atoms with van der Waals surface area (Å²) in [6, 6.07) is 15.4. The highest BCUT2D eigenvalue weighted by molar-refractivity contribution is 6.30. The Morgan fingerprint density at radius 2 is 1.86 bits per heavy atom. The van der Waals surface area contributed by atoms with E-state index < -0.39 is 0 Å². The highest BCUT2D eigenvalue weighted by Crippen LogP contribution is 2.20. The van der Waals surface area contributed by atoms with E-state index in [1.807, 2.05) is 73.1 Å². The number of aryl methyl sites for hydroxylation is 1. The molecule has 6 heteroatoms. The molecule has 0 bridgehead atoms. The van der Waals surface area contributed by atoms with Gasteiger partial charge in [-0.3, -0.25) is 4.79 Å². The van der Waals surface area contributed by atoms with Crippen molar-refractivity contribution in [3.05, 3.63) is 77.8 Å². The second-order valence-electron chi connectivity index (χ2n) is 7.33. The standard InChI is InChI=1S/C23H26ClN3O2/c1-17(2)23(28)26-20-8-11-21(12-9-20)29-22(15-27-14-13-25-16-27)10-5-18-3-6-19(24)7-4-18/h3-4,6-9,11-14,16-17,22H,5,10,15H2,1-2H3,(H,26,28). The van der Waals surface area contributed by atoms with Crippen molar-refractivity contribution in [3.8, 4) is 5.75 Å². The Kier molecular flexibility index (Phi) is 7.30. The summed E-state index contributed by atoms with van der Waals surface area (Å²) >= 11 is 5.98. The number of aromatic nitrogens is 2. The van der Waals surface area contributed by atoms with Crippen LogP contribution in [0.2, 0.25) is 5.02 Å². The van der Waals surface area contributed by atoms with Crippen LogP contribution in [0.15, 0.2) is 67.3 Å². The summed E-state index contributed by atoms with van der Waals surface area (Å²) in [6.45, 7) is 4.45. The Bertz CT molecular complexity index is 891. The van der Waals surface area contributed by atoms with Gasteiger partial charge in [0.25, 0.3) is 0 Å². The minimum atomic E-state index is -0.0571. The Morgan fingerprint density at radius 1 is 1.14 bits per heavy atom. The summed E-state index contributed by atoms with van der Waals surface area (Å²) < 4.78 is 8.27. The highest BCUT2D eigenvalue weighted by atomic mass is 35.5. The van der Waals surface area contributed by atoms with Crippen LogP contribution in [-0.4, -0.2) is 21.6 Å². The summed E-state index contributed by atoms with van der Waals surface area (Å²) in [7, 11) is 0. The monoisotopic (exact) mass is 411 g/mol. The lowest BCUT2D eigenvalue weighted by molar-refractivity contribution is -0.118. The number of anilines is 1. The number of carbonyl (C=O) groups excluding carboxylic acids is 1. The van der Waals surface area contributed by atoms with Crippen LogP contribution in [0.5, 0.6) is 5.75 Å². The third kappa shape index (κ3) is 6.64. The van der Waals surface area contributed by atoms with Gasteiger partial charge in [-0.05, 0) is 54.8 Å². The maximum Gasteiger partial charge on any atom is 0.226 e. The molecule has 1 unspecified atom stereocenters. The molecule has 5 nitrogen and oxygen atoms in total. The Balaban J connectivity index is 1.64. The van der Waals surface area contributed by atoms with E-state index >= 15 is 0 Å². The molecule has 2 aromatic carbocycles. The average molecular weight is 412 g/mol. The van der Waals surface area contributed by atoms with E-state index in [2.05, 4.69) is 10.3 Å². The van der Waals surface area contributed by atoms with Crippen molar-refractivity contribution in [2.75, 3.05) is 5.32 Å². The van der Waals surface area contributed by atoms with Crippen LogP contribution in [0.3, 0.4) is 0 Å². The number of benzene rings is 2. The van der Waals surface area contributed by atoms with Gasteiger partial charge in [0.15, 0.2) is 0 Å². The van der Waals surface area contributed by atoms with Gasteiger partial charge < -0.3 is 14.6 Å². The summed E-state index contributed by atoms with van der Waals surface area (Å²) in [4.78, 5) is 16.0. The van der Waals surface area contributed by atoms with E-state index in [1.54, 1.807) is 12.5 Å². The molecular weight excluding hydrogens is 386 g/mol. The van der Waals surface area contributed by atoms with Gasteiger partial charge in [0.05, 0.1) is 12.9 Å². The first-order valence-electron chi connectivity index (χ1n) is 9.77. The van der Waals surface area contributed by atoms with Gasteiger partial charge in [-0.1, -0.05) is 37.6 Å². The van der Waals surface area contributed by atoms with E-state index in [0.29, 0.717) is 6.54 Å². The third-order valence-electron chi connectivity index (χ3n) is 4.59. The maximum atomic E-state index is 11.8. The van der Waals surface area contributed by atoms with E-state index in [9.17, 15) is 4.79 Å². The van der Waals surface area contributed by atoms with Crippen LogP contribution in [0.25, 0.3) is 0 Å². The largest absolute Gasteiger partial charge is 0.489 e. The average Bonchev–Trinajstić information content (AvgIpc) is 3.22. The number of amides is 1. The van der Waals surface area contributed by atoms with E-state index in [-0.39, 0.29) is 17.9 Å². The van der Waals surface area contributed by atoms with Crippen molar-refractivity contribution in [1.29, 1.82) is 0 Å². The molecule has 3 aromatic rings. The molecule has 152 valence electrons. The van der Waals surface area contributed by atoms with Crippen LogP contribution in [0.4, 0.5) is 5.69 Å². The van der Waals surface area contributed by atoms with Gasteiger partial charge in [-0.2, -0.15) is 0 Å². The van der Waals surface area contributed by atoms with Crippen molar-refractivity contribution >= 4 is 23.2 Å². The number of nitrogens with one attached hydrogen (secondary N) is 1. The van der Waals surface area contributed by atoms with Gasteiger partial charge in [-0.15, -0.1) is 0 Å². The number of imidazole rings is 1. The molecule has 3 rings (SSSR count). The first kappa shape index (κ1) is 20.9. The molecule has 0 fully saturated rings. The molecule has 1 atom stereocenters. The van der Waals surface area contributed by atoms with E-state index in [1.165, 1.54) is 5.56 Å². The number of hydrogen-bond donors (Lipinski definition) is 1.